The molecule has 48 heavy (non-hydrogen) atoms. The molecule has 5 aliphatic rings. The lowest BCUT2D eigenvalue weighted by Gasteiger charge is -2.39. The van der Waals surface area contributed by atoms with Crippen LogP contribution in [0.2, 0.25) is 0 Å². The van der Waals surface area contributed by atoms with Crippen molar-refractivity contribution < 1.29 is 0 Å². The van der Waals surface area contributed by atoms with Crippen LogP contribution in [0.25, 0.3) is 39.0 Å². The minimum absolute atomic E-state index is 0.0149. The summed E-state index contributed by atoms with van der Waals surface area (Å²) in [6, 6.07) is 37.6. The molecular weight excluding hydrogens is 585 g/mol. The highest BCUT2D eigenvalue weighted by Crippen LogP contribution is 2.53. The first-order chi connectivity index (χ1) is 23.8. The Hall–Kier alpha value is -6.00. The molecular formula is C44H34N4. The predicted molar refractivity (Wildman–Crippen MR) is 198 cm³/mol. The molecule has 0 bridgehead atoms. The molecule has 1 aromatic heterocycles. The Balaban J connectivity index is 1.15. The standard InChI is InChI=1S/C44H34N4/c1-3-13-29(14-4-1)36-27-25-30-23-24-31-26-28-40(46-43(31)42(30)45-36)48-38-21-11-8-18-34(38)41-33-17-7-10-20-37(33)47(32-15-5-2-6-16-32)44(41)35-19-9-12-22-39(35)48/h1-3,5-13,15-28,36,43,45-46H,4,14H2. The second-order valence-corrected chi connectivity index (χ2v) is 13.0. The number of dihydropyridines is 2. The first-order valence-electron chi connectivity index (χ1n) is 16.9. The van der Waals surface area contributed by atoms with Crippen LogP contribution in [0.1, 0.15) is 12.8 Å². The van der Waals surface area contributed by atoms with Crippen LogP contribution in [0.15, 0.2) is 186 Å². The fourth-order valence-corrected chi connectivity index (χ4v) is 8.10. The molecule has 0 saturated carbocycles. The molecule has 5 aromatic rings. The summed E-state index contributed by atoms with van der Waals surface area (Å²) in [7, 11) is 0. The number of para-hydroxylation sites is 4. The Morgan fingerprint density at radius 1 is 0.667 bits per heavy atom. The lowest BCUT2D eigenvalue weighted by Crippen LogP contribution is -2.47. The average molecular weight is 619 g/mol. The summed E-state index contributed by atoms with van der Waals surface area (Å²) in [6.45, 7) is 0. The third-order valence-corrected chi connectivity index (χ3v) is 10.3. The largest absolute Gasteiger partial charge is 0.376 e. The van der Waals surface area contributed by atoms with Crippen molar-refractivity contribution in [2.45, 2.75) is 24.9 Å². The SMILES string of the molecule is C1=CCCC(C2C=CC3=C(N2)C2NC(N4c5ccccc5-c5c(n(-c6ccccc6)c6ccccc56)-c5ccccc54)=CC=C2C=C3)=C1. The number of anilines is 2. The van der Waals surface area contributed by atoms with Crippen LogP contribution in [0.5, 0.6) is 0 Å². The molecule has 0 amide bonds. The Kier molecular flexibility index (Phi) is 6.10. The van der Waals surface area contributed by atoms with Gasteiger partial charge in [-0.1, -0.05) is 121 Å². The highest BCUT2D eigenvalue weighted by molar-refractivity contribution is 6.12. The second-order valence-electron chi connectivity index (χ2n) is 13.0. The van der Waals surface area contributed by atoms with Crippen molar-refractivity contribution in [3.8, 4) is 28.1 Å². The quantitative estimate of drug-likeness (QED) is 0.211. The summed E-state index contributed by atoms with van der Waals surface area (Å²) in [5.74, 6) is 1.05. The molecule has 2 unspecified atom stereocenters. The fraction of sp³-hybridized carbons (Fsp3) is 0.0909. The van der Waals surface area contributed by atoms with E-state index in [1.807, 2.05) is 0 Å². The van der Waals surface area contributed by atoms with Gasteiger partial charge in [0, 0.05) is 33.5 Å². The lowest BCUT2D eigenvalue weighted by molar-refractivity contribution is 0.597. The second kappa shape index (κ2) is 10.8. The van der Waals surface area contributed by atoms with Crippen molar-refractivity contribution in [1.29, 1.82) is 0 Å². The first-order valence-corrected chi connectivity index (χ1v) is 16.9. The van der Waals surface area contributed by atoms with E-state index >= 15 is 0 Å². The van der Waals surface area contributed by atoms with Gasteiger partial charge in [-0.2, -0.15) is 0 Å². The summed E-state index contributed by atoms with van der Waals surface area (Å²) in [4.78, 5) is 2.44. The summed E-state index contributed by atoms with van der Waals surface area (Å²) in [5, 5.41) is 9.22. The lowest BCUT2D eigenvalue weighted by atomic mass is 9.86. The van der Waals surface area contributed by atoms with E-state index in [2.05, 4.69) is 178 Å². The molecule has 10 rings (SSSR count). The number of benzene rings is 4. The maximum Gasteiger partial charge on any atom is 0.111 e. The van der Waals surface area contributed by atoms with E-state index in [-0.39, 0.29) is 12.1 Å². The van der Waals surface area contributed by atoms with E-state index in [9.17, 15) is 0 Å². The van der Waals surface area contributed by atoms with Crippen molar-refractivity contribution >= 4 is 22.3 Å². The Morgan fingerprint density at radius 3 is 2.29 bits per heavy atom. The molecule has 3 aliphatic heterocycles. The topological polar surface area (TPSA) is 32.2 Å². The number of aromatic nitrogens is 1. The van der Waals surface area contributed by atoms with Gasteiger partial charge in [-0.3, -0.25) is 4.90 Å². The van der Waals surface area contributed by atoms with Gasteiger partial charge in [-0.25, -0.2) is 0 Å². The van der Waals surface area contributed by atoms with E-state index < -0.39 is 0 Å². The number of allylic oxidation sites excluding steroid dienone is 8. The van der Waals surface area contributed by atoms with Crippen LogP contribution in [-0.4, -0.2) is 16.7 Å². The van der Waals surface area contributed by atoms with Crippen LogP contribution in [0.3, 0.4) is 0 Å². The van der Waals surface area contributed by atoms with Crippen molar-refractivity contribution in [2.24, 2.45) is 0 Å². The third-order valence-electron chi connectivity index (χ3n) is 10.3. The highest BCUT2D eigenvalue weighted by atomic mass is 15.3. The van der Waals surface area contributed by atoms with Crippen molar-refractivity contribution in [3.05, 3.63) is 186 Å². The Bertz CT molecular complexity index is 2360. The molecule has 4 aromatic carbocycles. The highest BCUT2D eigenvalue weighted by Gasteiger charge is 2.35. The fourth-order valence-electron chi connectivity index (χ4n) is 8.10. The molecule has 0 fully saturated rings. The van der Waals surface area contributed by atoms with Gasteiger partial charge < -0.3 is 15.2 Å². The molecule has 4 heterocycles. The minimum Gasteiger partial charge on any atom is -0.376 e. The summed E-state index contributed by atoms with van der Waals surface area (Å²) < 4.78 is 2.45. The van der Waals surface area contributed by atoms with E-state index in [1.165, 1.54) is 55.7 Å². The van der Waals surface area contributed by atoms with E-state index in [4.69, 9.17) is 0 Å². The number of fused-ring (bicyclic) bond motifs is 9. The molecule has 0 saturated heterocycles. The van der Waals surface area contributed by atoms with E-state index in [1.54, 1.807) is 0 Å². The monoisotopic (exact) mass is 618 g/mol. The predicted octanol–water partition coefficient (Wildman–Crippen LogP) is 9.78. The number of nitrogens with zero attached hydrogens (tertiary/aromatic N) is 2. The molecule has 0 spiro atoms. The van der Waals surface area contributed by atoms with Crippen molar-refractivity contribution in [3.63, 3.8) is 0 Å². The van der Waals surface area contributed by atoms with Gasteiger partial charge in [0.1, 0.15) is 5.82 Å². The molecule has 2 N–H and O–H groups in total. The van der Waals surface area contributed by atoms with Gasteiger partial charge in [0.2, 0.25) is 0 Å². The zero-order valence-corrected chi connectivity index (χ0v) is 26.5. The number of rotatable bonds is 3. The molecule has 0 radical (unpaired) electrons. The maximum atomic E-state index is 4.03. The summed E-state index contributed by atoms with van der Waals surface area (Å²) in [6.07, 6.45) is 22.6. The van der Waals surface area contributed by atoms with Crippen LogP contribution < -0.4 is 15.5 Å². The van der Waals surface area contributed by atoms with Gasteiger partial charge in [0.25, 0.3) is 0 Å². The molecule has 2 atom stereocenters. The Labute approximate surface area is 280 Å². The van der Waals surface area contributed by atoms with Crippen molar-refractivity contribution in [2.75, 3.05) is 4.90 Å². The Morgan fingerprint density at radius 2 is 1.44 bits per heavy atom. The van der Waals surface area contributed by atoms with Gasteiger partial charge in [-0.15, -0.1) is 0 Å². The van der Waals surface area contributed by atoms with Gasteiger partial charge in [0.05, 0.1) is 34.7 Å². The van der Waals surface area contributed by atoms with Crippen LogP contribution in [0, 0.1) is 0 Å². The number of hydrogen-bond donors (Lipinski definition) is 2. The smallest absolute Gasteiger partial charge is 0.111 e. The van der Waals surface area contributed by atoms with Crippen LogP contribution in [0.4, 0.5) is 11.4 Å². The summed E-state index contributed by atoms with van der Waals surface area (Å²) >= 11 is 0. The zero-order valence-electron chi connectivity index (χ0n) is 26.5. The minimum atomic E-state index is 0.0149. The van der Waals surface area contributed by atoms with Gasteiger partial charge >= 0.3 is 0 Å². The maximum absolute atomic E-state index is 4.03. The van der Waals surface area contributed by atoms with Crippen LogP contribution >= 0.6 is 0 Å². The van der Waals surface area contributed by atoms with Crippen molar-refractivity contribution in [1.82, 2.24) is 15.2 Å². The zero-order chi connectivity index (χ0) is 31.6. The summed E-state index contributed by atoms with van der Waals surface area (Å²) in [5.41, 5.74) is 14.7. The molecule has 2 aliphatic carbocycles. The molecule has 4 heteroatoms. The first kappa shape index (κ1) is 27.1. The average Bonchev–Trinajstić information content (AvgIpc) is 3.44. The third kappa shape index (κ3) is 4.09. The normalized spacial score (nSPS) is 20.2. The van der Waals surface area contributed by atoms with Gasteiger partial charge in [0.15, 0.2) is 0 Å². The molecule has 4 nitrogen and oxygen atoms in total. The van der Waals surface area contributed by atoms with E-state index in [0.717, 1.165) is 35.7 Å². The van der Waals surface area contributed by atoms with E-state index in [0.29, 0.717) is 0 Å². The molecule has 230 valence electrons. The van der Waals surface area contributed by atoms with Crippen LogP contribution in [-0.2, 0) is 0 Å². The van der Waals surface area contributed by atoms with Gasteiger partial charge in [-0.05, 0) is 66.0 Å². The number of nitrogens with one attached hydrogen (secondary N) is 2. The number of hydrogen-bond acceptors (Lipinski definition) is 3.